The monoisotopic (exact) mass is 859 g/mol. The van der Waals surface area contributed by atoms with E-state index in [0.29, 0.717) is 31.9 Å². The quantitative estimate of drug-likeness (QED) is 0.0705. The first-order chi connectivity index (χ1) is 21.2. The number of aromatic nitrogens is 1. The van der Waals surface area contributed by atoms with Crippen LogP contribution in [-0.4, -0.2) is 88.7 Å². The summed E-state index contributed by atoms with van der Waals surface area (Å²) in [5.41, 5.74) is 0.662. The minimum Gasteiger partial charge on any atom is -1.00 e. The summed E-state index contributed by atoms with van der Waals surface area (Å²) in [4.78, 5) is 4.03. The van der Waals surface area contributed by atoms with Gasteiger partial charge in [-0.15, -0.1) is 0 Å². The second-order valence-corrected chi connectivity index (χ2v) is 14.3. The Morgan fingerprint density at radius 1 is 0.608 bits per heavy atom. The van der Waals surface area contributed by atoms with Gasteiger partial charge in [0.05, 0.1) is 27.7 Å². The topological polar surface area (TPSA) is 132 Å². The molecule has 4 N–H and O–H groups in total. The Morgan fingerprint density at radius 3 is 1.29 bits per heavy atom. The molecule has 1 heterocycles. The molecule has 51 heavy (non-hydrogen) atoms. The minimum absolute atomic E-state index is 0. The van der Waals surface area contributed by atoms with Gasteiger partial charge in [-0.3, -0.25) is 4.98 Å². The maximum absolute atomic E-state index is 9.31. The van der Waals surface area contributed by atoms with Crippen LogP contribution in [-0.2, 0) is 34.5 Å². The number of hydrogen-bond acceptors (Lipinski definition) is 7. The molecule has 1 aromatic carbocycles. The van der Waals surface area contributed by atoms with E-state index in [0.717, 1.165) is 9.87 Å². The average Bonchev–Trinajstić information content (AvgIpc) is 2.98. The zero-order valence-electron chi connectivity index (χ0n) is 33.3. The first-order valence-corrected chi connectivity index (χ1v) is 19.2. The molecule has 15 heteroatoms. The number of hydrogen-bond donors (Lipinski definition) is 1. The van der Waals surface area contributed by atoms with Crippen LogP contribution in [0.25, 0.3) is 10.9 Å². The summed E-state index contributed by atoms with van der Waals surface area (Å²) in [7, 11) is 4.09. The maximum Gasteiger partial charge on any atom is 2.00 e. The van der Waals surface area contributed by atoms with Gasteiger partial charge in [0.15, 0.2) is 0 Å². The van der Waals surface area contributed by atoms with Gasteiger partial charge in [0, 0.05) is 38.0 Å². The van der Waals surface area contributed by atoms with Crippen LogP contribution in [0.4, 0.5) is 0 Å². The molecule has 0 bridgehead atoms. The number of phenols is 1. The Bertz CT molecular complexity index is 911. The molecule has 2 aromatic rings. The molecule has 2 rings (SSSR count). The van der Waals surface area contributed by atoms with Gasteiger partial charge in [-0.1, -0.05) is 102 Å². The number of aromatic hydroxyl groups is 1. The van der Waals surface area contributed by atoms with Gasteiger partial charge in [-0.2, -0.15) is 0 Å². The molecule has 0 fully saturated rings. The van der Waals surface area contributed by atoms with Crippen molar-refractivity contribution in [3.05, 3.63) is 36.5 Å². The number of rotatable bonds is 23. The van der Waals surface area contributed by atoms with Gasteiger partial charge in [0.2, 0.25) is 0 Å². The number of para-hydroxylation sites is 1. The Labute approximate surface area is 364 Å². The van der Waals surface area contributed by atoms with Crippen LogP contribution in [0.15, 0.2) is 36.5 Å². The normalized spacial score (nSPS) is 9.96. The molecule has 1 radical (unpaired) electrons. The zero-order chi connectivity index (χ0) is 32.9. The van der Waals surface area contributed by atoms with Crippen LogP contribution in [0, 0.1) is 0 Å². The molecule has 0 spiro atoms. The standard InChI is InChI=1S/C19H42N.C9H7NO.C8H20O4Si.3ClH.Co.Na.2H2O/c1-5-6-7-8-9-10-11-12-13-14-15-16-17-18-19-20(2,3)4;11-8-5-1-3-7-4-2-6-10-9(7)8;1-5-9-13(10-6-2,11-7-3)12-8-4;;;;;;;/h5-19H2,1-4H3;1-6,11H;5-8H2,1-4H3;3*1H;;;2*1H2/q+1;;;;;;+2;+1;;/p-4. The largest absolute Gasteiger partial charge is 2.00 e. The number of nitrogens with zero attached hydrogens (tertiary/aromatic N) is 2. The van der Waals surface area contributed by atoms with Crippen molar-refractivity contribution in [2.75, 3.05) is 54.1 Å². The first-order valence-electron chi connectivity index (χ1n) is 17.6. The Balaban J connectivity index is -0.0000000881. The number of benzene rings is 1. The molecule has 0 aliphatic heterocycles. The summed E-state index contributed by atoms with van der Waals surface area (Å²) in [6.07, 6.45) is 22.0. The van der Waals surface area contributed by atoms with Crippen molar-refractivity contribution in [2.24, 2.45) is 0 Å². The number of quaternary nitrogens is 1. The van der Waals surface area contributed by atoms with Crippen molar-refractivity contribution >= 4 is 20.0 Å². The third-order valence-corrected chi connectivity index (χ3v) is 9.65. The fourth-order valence-corrected chi connectivity index (χ4v) is 6.74. The van der Waals surface area contributed by atoms with Gasteiger partial charge >= 0.3 is 55.4 Å². The molecule has 0 aliphatic rings. The summed E-state index contributed by atoms with van der Waals surface area (Å²) >= 11 is 0. The van der Waals surface area contributed by atoms with Crippen molar-refractivity contribution in [1.29, 1.82) is 0 Å². The molecule has 9 nitrogen and oxygen atoms in total. The third-order valence-electron chi connectivity index (χ3n) is 7.08. The van der Waals surface area contributed by atoms with Gasteiger partial charge in [0.25, 0.3) is 0 Å². The number of halogens is 3. The van der Waals surface area contributed by atoms with Crippen LogP contribution in [0.3, 0.4) is 0 Å². The molecule has 1 aromatic heterocycles. The summed E-state index contributed by atoms with van der Waals surface area (Å²) in [5.74, 6) is 0.239. The molecule has 303 valence electrons. The second kappa shape index (κ2) is 46.9. The third kappa shape index (κ3) is 40.2. The average molecular weight is 861 g/mol. The molecular weight excluding hydrogens is 789 g/mol. The first kappa shape index (κ1) is 69.6. The van der Waals surface area contributed by atoms with E-state index in [9.17, 15) is 5.11 Å². The van der Waals surface area contributed by atoms with Crippen molar-refractivity contribution in [2.45, 2.75) is 125 Å². The van der Waals surface area contributed by atoms with Crippen LogP contribution in [0.1, 0.15) is 125 Å². The van der Waals surface area contributed by atoms with Crippen molar-refractivity contribution in [3.8, 4) is 5.75 Å². The van der Waals surface area contributed by atoms with Crippen LogP contribution < -0.4 is 66.8 Å². The van der Waals surface area contributed by atoms with E-state index in [-0.39, 0.29) is 100 Å². The minimum atomic E-state index is -2.80. The smallest absolute Gasteiger partial charge is 1.00 e. The summed E-state index contributed by atoms with van der Waals surface area (Å²) < 4.78 is 22.8. The predicted molar refractivity (Wildman–Crippen MR) is 194 cm³/mol. The molecule has 0 unspecified atom stereocenters. The van der Waals surface area contributed by atoms with Crippen LogP contribution in [0.2, 0.25) is 0 Å². The van der Waals surface area contributed by atoms with Crippen molar-refractivity contribution < 1.29 is 122 Å². The Hall–Kier alpha value is 0.743. The fraction of sp³-hybridized carbons (Fsp3) is 0.750. The van der Waals surface area contributed by atoms with E-state index in [1.807, 2.05) is 45.9 Å². The van der Waals surface area contributed by atoms with E-state index in [1.54, 1.807) is 18.3 Å². The predicted octanol–water partition coefficient (Wildman–Crippen LogP) is -3.31. The maximum atomic E-state index is 9.31. The molecule has 0 atom stereocenters. The van der Waals surface area contributed by atoms with Gasteiger partial charge < -0.3 is 75.5 Å². The fourth-order valence-electron chi connectivity index (χ4n) is 4.83. The molecule has 0 saturated heterocycles. The number of pyridine rings is 1. The van der Waals surface area contributed by atoms with E-state index in [2.05, 4.69) is 33.1 Å². The van der Waals surface area contributed by atoms with E-state index < -0.39 is 9.05 Å². The van der Waals surface area contributed by atoms with E-state index in [1.165, 1.54) is 96.4 Å². The molecular formula is C36H72Cl3CoN2NaO7Si. The Kier molecular flexibility index (Phi) is 64.0. The van der Waals surface area contributed by atoms with Crippen molar-refractivity contribution in [1.82, 2.24) is 4.98 Å². The summed E-state index contributed by atoms with van der Waals surface area (Å²) in [6.45, 7) is 13.4. The summed E-state index contributed by atoms with van der Waals surface area (Å²) in [5, 5.41) is 10.3. The van der Waals surface area contributed by atoms with E-state index in [4.69, 9.17) is 17.7 Å². The SMILES string of the molecule is CCCCCCCCCCCCCCCC[N+](C)(C)C.CCO[Si](OCC)(OCC)OCC.O.Oc1cccc2cccnc12.[Cl-].[Cl-].[Cl-].[Co+2].[Na+].[OH-]. The molecule has 0 aliphatic carbocycles. The van der Waals surface area contributed by atoms with Gasteiger partial charge in [-0.25, -0.2) is 0 Å². The summed E-state index contributed by atoms with van der Waals surface area (Å²) in [6, 6.07) is 9.13. The van der Waals surface area contributed by atoms with Gasteiger partial charge in [0.1, 0.15) is 11.3 Å². The van der Waals surface area contributed by atoms with Crippen molar-refractivity contribution in [3.63, 3.8) is 0 Å². The number of fused-ring (bicyclic) bond motifs is 1. The zero-order valence-corrected chi connectivity index (χ0v) is 39.6. The van der Waals surface area contributed by atoms with Crippen LogP contribution >= 0.6 is 0 Å². The second-order valence-electron chi connectivity index (χ2n) is 12.2. The number of phenolic OH excluding ortho intramolecular Hbond substituents is 1. The van der Waals surface area contributed by atoms with Gasteiger partial charge in [-0.05, 0) is 52.7 Å². The van der Waals surface area contributed by atoms with E-state index >= 15 is 0 Å². The molecule has 0 amide bonds. The van der Waals surface area contributed by atoms with Crippen LogP contribution in [0.5, 0.6) is 5.75 Å². The number of unbranched alkanes of at least 4 members (excludes halogenated alkanes) is 13. The Morgan fingerprint density at radius 2 is 0.961 bits per heavy atom. The molecule has 0 saturated carbocycles.